The summed E-state index contributed by atoms with van der Waals surface area (Å²) in [5.41, 5.74) is 1.79. The predicted molar refractivity (Wildman–Crippen MR) is 80.5 cm³/mol. The number of thioether (sulfide) groups is 1. The van der Waals surface area contributed by atoms with Crippen molar-refractivity contribution in [2.24, 2.45) is 0 Å². The van der Waals surface area contributed by atoms with Crippen molar-refractivity contribution in [1.29, 1.82) is 0 Å². The number of nitrogens with one attached hydrogen (secondary N) is 1. The van der Waals surface area contributed by atoms with Gasteiger partial charge in [-0.2, -0.15) is 16.7 Å². The Hall–Kier alpha value is -1.53. The van der Waals surface area contributed by atoms with Crippen molar-refractivity contribution in [3.63, 3.8) is 0 Å². The number of aliphatic hydroxyl groups is 1. The minimum atomic E-state index is 0.0337. The lowest BCUT2D eigenvalue weighted by atomic mass is 10.2. The fraction of sp³-hybridized carbons (Fsp3) is 0.429. The first-order chi connectivity index (χ1) is 9.72. The highest BCUT2D eigenvalue weighted by Gasteiger charge is 2.13. The van der Waals surface area contributed by atoms with Gasteiger partial charge in [0.25, 0.3) is 0 Å². The van der Waals surface area contributed by atoms with Gasteiger partial charge in [-0.05, 0) is 30.4 Å². The molecule has 0 aliphatic carbocycles. The van der Waals surface area contributed by atoms with Crippen LogP contribution in [0.25, 0.3) is 0 Å². The number of aromatic nitrogens is 2. The number of hydrogen-bond donors (Lipinski definition) is 2. The molecule has 5 nitrogen and oxygen atoms in total. The van der Waals surface area contributed by atoms with Crippen LogP contribution >= 0.6 is 11.8 Å². The molecule has 0 spiro atoms. The van der Waals surface area contributed by atoms with E-state index in [1.165, 1.54) is 0 Å². The lowest BCUT2D eigenvalue weighted by Gasteiger charge is -2.05. The second kappa shape index (κ2) is 7.31. The molecular weight excluding hydrogens is 274 g/mol. The van der Waals surface area contributed by atoms with Crippen LogP contribution in [0.4, 0.5) is 5.69 Å². The molecule has 1 atom stereocenters. The first kappa shape index (κ1) is 14.9. The monoisotopic (exact) mass is 293 g/mol. The molecule has 2 rings (SSSR count). The van der Waals surface area contributed by atoms with Crippen LogP contribution < -0.4 is 5.32 Å². The summed E-state index contributed by atoms with van der Waals surface area (Å²) < 4.78 is 5.22. The number of benzene rings is 1. The predicted octanol–water partition coefficient (Wildman–Crippen LogP) is 2.99. The smallest absolute Gasteiger partial charge is 0.245 e. The normalized spacial score (nSPS) is 12.3. The Labute approximate surface area is 122 Å². The van der Waals surface area contributed by atoms with Crippen LogP contribution in [0.15, 0.2) is 28.8 Å². The minimum Gasteiger partial charge on any atom is -0.392 e. The molecule has 0 saturated heterocycles. The number of rotatable bonds is 7. The van der Waals surface area contributed by atoms with Crippen LogP contribution in [0.3, 0.4) is 0 Å². The highest BCUT2D eigenvalue weighted by Crippen LogP contribution is 2.25. The number of anilines is 1. The summed E-state index contributed by atoms with van der Waals surface area (Å²) in [7, 11) is 0. The first-order valence-electron chi connectivity index (χ1n) is 6.60. The molecule has 1 aromatic carbocycles. The maximum Gasteiger partial charge on any atom is 0.245 e. The maximum absolute atomic E-state index is 9.09. The molecule has 0 bridgehead atoms. The number of nitrogens with zero attached hydrogens (tertiary/aromatic N) is 2. The number of aliphatic hydroxyl groups excluding tert-OH is 1. The van der Waals surface area contributed by atoms with Crippen molar-refractivity contribution >= 4 is 17.4 Å². The lowest BCUT2D eigenvalue weighted by Crippen LogP contribution is -2.01. The summed E-state index contributed by atoms with van der Waals surface area (Å²) in [5, 5.41) is 16.5. The van der Waals surface area contributed by atoms with Gasteiger partial charge in [0, 0.05) is 5.69 Å². The molecule has 0 amide bonds. The molecule has 1 unspecified atom stereocenters. The molecule has 0 radical (unpaired) electrons. The minimum absolute atomic E-state index is 0.0337. The Morgan fingerprint density at radius 3 is 3.05 bits per heavy atom. The zero-order chi connectivity index (χ0) is 14.4. The van der Waals surface area contributed by atoms with E-state index in [-0.39, 0.29) is 11.9 Å². The third-order valence-electron chi connectivity index (χ3n) is 2.82. The maximum atomic E-state index is 9.09. The number of hydrogen-bond acceptors (Lipinski definition) is 6. The Balaban J connectivity index is 1.93. The van der Waals surface area contributed by atoms with Crippen LogP contribution in [0.2, 0.25) is 0 Å². The molecule has 108 valence electrons. The van der Waals surface area contributed by atoms with Gasteiger partial charge in [-0.1, -0.05) is 24.2 Å². The van der Waals surface area contributed by atoms with E-state index in [0.29, 0.717) is 12.4 Å². The highest BCUT2D eigenvalue weighted by atomic mass is 32.2. The zero-order valence-electron chi connectivity index (χ0n) is 11.7. The molecule has 6 heteroatoms. The van der Waals surface area contributed by atoms with Crippen molar-refractivity contribution in [1.82, 2.24) is 10.1 Å². The van der Waals surface area contributed by atoms with Gasteiger partial charge < -0.3 is 14.9 Å². The standard InChI is InChI=1S/C14H19N3O2S/c1-3-20-10(2)14-16-13(19-17-14)8-15-12-6-4-5-11(7-12)9-18/h4-7,10,15,18H,3,8-9H2,1-2H3. The second-order valence-corrected chi connectivity index (χ2v) is 5.97. The van der Waals surface area contributed by atoms with E-state index < -0.39 is 0 Å². The largest absolute Gasteiger partial charge is 0.392 e. The van der Waals surface area contributed by atoms with Gasteiger partial charge in [0.15, 0.2) is 5.82 Å². The van der Waals surface area contributed by atoms with Crippen molar-refractivity contribution in [3.05, 3.63) is 41.5 Å². The van der Waals surface area contributed by atoms with Crippen molar-refractivity contribution in [3.8, 4) is 0 Å². The quantitative estimate of drug-likeness (QED) is 0.817. The molecule has 1 heterocycles. The van der Waals surface area contributed by atoms with Gasteiger partial charge in [-0.3, -0.25) is 0 Å². The highest BCUT2D eigenvalue weighted by molar-refractivity contribution is 7.99. The third-order valence-corrected chi connectivity index (χ3v) is 3.86. The lowest BCUT2D eigenvalue weighted by molar-refractivity contribution is 0.282. The Morgan fingerprint density at radius 1 is 1.45 bits per heavy atom. The van der Waals surface area contributed by atoms with Crippen molar-refractivity contribution in [2.45, 2.75) is 32.2 Å². The van der Waals surface area contributed by atoms with E-state index in [4.69, 9.17) is 9.63 Å². The summed E-state index contributed by atoms with van der Waals surface area (Å²) in [6.07, 6.45) is 0. The van der Waals surface area contributed by atoms with E-state index >= 15 is 0 Å². The van der Waals surface area contributed by atoms with Gasteiger partial charge in [0.05, 0.1) is 18.4 Å². The van der Waals surface area contributed by atoms with Gasteiger partial charge >= 0.3 is 0 Å². The van der Waals surface area contributed by atoms with Gasteiger partial charge in [-0.25, -0.2) is 0 Å². The average Bonchev–Trinajstić information content (AvgIpc) is 2.94. The molecule has 0 aliphatic rings. The molecule has 0 aliphatic heterocycles. The molecular formula is C14H19N3O2S. The third kappa shape index (κ3) is 3.98. The van der Waals surface area contributed by atoms with E-state index in [0.717, 1.165) is 22.8 Å². The van der Waals surface area contributed by atoms with Crippen molar-refractivity contribution < 1.29 is 9.63 Å². The Morgan fingerprint density at radius 2 is 2.30 bits per heavy atom. The van der Waals surface area contributed by atoms with Crippen LogP contribution in [-0.2, 0) is 13.2 Å². The summed E-state index contributed by atoms with van der Waals surface area (Å²) in [5.74, 6) is 2.33. The summed E-state index contributed by atoms with van der Waals surface area (Å²) >= 11 is 1.78. The van der Waals surface area contributed by atoms with Crippen LogP contribution in [0.5, 0.6) is 0 Å². The molecule has 2 aromatic rings. The van der Waals surface area contributed by atoms with Crippen LogP contribution in [0.1, 0.15) is 36.4 Å². The van der Waals surface area contributed by atoms with Crippen LogP contribution in [-0.4, -0.2) is 21.0 Å². The molecule has 0 fully saturated rings. The van der Waals surface area contributed by atoms with E-state index in [1.807, 2.05) is 24.3 Å². The summed E-state index contributed by atoms with van der Waals surface area (Å²) in [6, 6.07) is 7.60. The fourth-order valence-electron chi connectivity index (χ4n) is 1.79. The van der Waals surface area contributed by atoms with E-state index in [1.54, 1.807) is 11.8 Å². The van der Waals surface area contributed by atoms with Gasteiger partial charge in [0.2, 0.25) is 5.89 Å². The molecule has 20 heavy (non-hydrogen) atoms. The summed E-state index contributed by atoms with van der Waals surface area (Å²) in [6.45, 7) is 4.69. The summed E-state index contributed by atoms with van der Waals surface area (Å²) in [4.78, 5) is 4.38. The topological polar surface area (TPSA) is 71.2 Å². The fourth-order valence-corrected chi connectivity index (χ4v) is 2.53. The van der Waals surface area contributed by atoms with E-state index in [2.05, 4.69) is 29.3 Å². The van der Waals surface area contributed by atoms with Crippen LogP contribution in [0, 0.1) is 0 Å². The SMILES string of the molecule is CCSC(C)c1noc(CNc2cccc(CO)c2)n1. The van der Waals surface area contributed by atoms with E-state index in [9.17, 15) is 0 Å². The zero-order valence-corrected chi connectivity index (χ0v) is 12.5. The second-order valence-electron chi connectivity index (χ2n) is 4.36. The molecule has 2 N–H and O–H groups in total. The average molecular weight is 293 g/mol. The molecule has 1 aromatic heterocycles. The first-order valence-corrected chi connectivity index (χ1v) is 7.65. The Kier molecular flexibility index (Phi) is 5.43. The van der Waals surface area contributed by atoms with Crippen molar-refractivity contribution in [2.75, 3.05) is 11.1 Å². The van der Waals surface area contributed by atoms with Gasteiger partial charge in [-0.15, -0.1) is 0 Å². The van der Waals surface area contributed by atoms with Gasteiger partial charge in [0.1, 0.15) is 0 Å². The Bertz CT molecular complexity index is 545. The molecule has 0 saturated carbocycles.